The number of benzene rings is 5. The lowest BCUT2D eigenvalue weighted by molar-refractivity contribution is -0.138. The zero-order valence-corrected chi connectivity index (χ0v) is 23.4. The Kier molecular flexibility index (Phi) is 6.89. The number of aryl methyl sites for hydroxylation is 1. The maximum atomic E-state index is 13.7. The Hall–Kier alpha value is -4.15. The molecule has 0 spiro atoms. The van der Waals surface area contributed by atoms with Crippen molar-refractivity contribution in [1.82, 2.24) is 4.31 Å². The van der Waals surface area contributed by atoms with Crippen LogP contribution in [-0.2, 0) is 35.5 Å². The summed E-state index contributed by atoms with van der Waals surface area (Å²) in [4.78, 5) is 0.106. The van der Waals surface area contributed by atoms with Gasteiger partial charge in [0.15, 0.2) is 0 Å². The van der Waals surface area contributed by atoms with Gasteiger partial charge >= 0.3 is 12.4 Å². The Bertz CT molecular complexity index is 1950. The molecule has 1 heterocycles. The molecule has 0 aromatic heterocycles. The van der Waals surface area contributed by atoms with E-state index in [9.17, 15) is 34.8 Å². The number of rotatable bonds is 4. The summed E-state index contributed by atoms with van der Waals surface area (Å²) in [5, 5.41) is 1.36. The number of hydrogen-bond donors (Lipinski definition) is 0. The second-order valence-electron chi connectivity index (χ2n) is 10.5. The van der Waals surface area contributed by atoms with Gasteiger partial charge in [-0.2, -0.15) is 30.6 Å². The topological polar surface area (TPSA) is 37.4 Å². The maximum absolute atomic E-state index is 13.7. The minimum absolute atomic E-state index is 0.0208. The highest BCUT2D eigenvalue weighted by molar-refractivity contribution is 7.89. The molecule has 0 radical (unpaired) electrons. The predicted octanol–water partition coefficient (Wildman–Crippen LogP) is 9.22. The first kappa shape index (κ1) is 28.9. The van der Waals surface area contributed by atoms with Crippen LogP contribution in [-0.4, -0.2) is 12.7 Å². The first-order chi connectivity index (χ1) is 20.2. The summed E-state index contributed by atoms with van der Waals surface area (Å²) >= 11 is 0. The summed E-state index contributed by atoms with van der Waals surface area (Å²) in [6, 6.07) is 22.7. The van der Waals surface area contributed by atoms with Crippen molar-refractivity contribution in [3.63, 3.8) is 0 Å². The van der Waals surface area contributed by atoms with Crippen LogP contribution < -0.4 is 0 Å². The average Bonchev–Trinajstić information content (AvgIpc) is 3.42. The SMILES string of the molecule is Cc1ccc(S(=O)(=O)N2Cc3c(-c4ccc(C(F)(F)F)cc4)c(-c4ccc(C(F)(F)F)cc4)c4ccccc4c3C2)cc1. The molecule has 1 aliphatic rings. The van der Waals surface area contributed by atoms with E-state index in [-0.39, 0.29) is 18.0 Å². The van der Waals surface area contributed by atoms with Crippen molar-refractivity contribution in [2.45, 2.75) is 37.3 Å². The fourth-order valence-corrected chi connectivity index (χ4v) is 7.00. The van der Waals surface area contributed by atoms with Crippen LogP contribution in [0.5, 0.6) is 0 Å². The lowest BCUT2D eigenvalue weighted by atomic mass is 9.83. The molecule has 0 unspecified atom stereocenters. The van der Waals surface area contributed by atoms with Crippen molar-refractivity contribution in [2.24, 2.45) is 0 Å². The molecule has 220 valence electrons. The number of alkyl halides is 6. The van der Waals surface area contributed by atoms with Gasteiger partial charge in [-0.05, 0) is 87.5 Å². The largest absolute Gasteiger partial charge is 0.416 e. The zero-order valence-electron chi connectivity index (χ0n) is 22.6. The van der Waals surface area contributed by atoms with Gasteiger partial charge in [-0.15, -0.1) is 0 Å². The lowest BCUT2D eigenvalue weighted by Crippen LogP contribution is -2.25. The first-order valence-corrected chi connectivity index (χ1v) is 14.7. The zero-order chi connectivity index (χ0) is 30.7. The average molecular weight is 612 g/mol. The monoisotopic (exact) mass is 611 g/mol. The fraction of sp³-hybridized carbons (Fsp3) is 0.152. The molecule has 0 bridgehead atoms. The molecule has 10 heteroatoms. The van der Waals surface area contributed by atoms with Crippen molar-refractivity contribution in [1.29, 1.82) is 0 Å². The molecular formula is C33H23F6NO2S. The second-order valence-corrected chi connectivity index (χ2v) is 12.4. The minimum atomic E-state index is -4.57. The van der Waals surface area contributed by atoms with Crippen LogP contribution in [0.4, 0.5) is 26.3 Å². The Labute approximate surface area is 244 Å². The van der Waals surface area contributed by atoms with Crippen LogP contribution >= 0.6 is 0 Å². The molecule has 0 amide bonds. The van der Waals surface area contributed by atoms with Crippen molar-refractivity contribution in [3.05, 3.63) is 125 Å². The van der Waals surface area contributed by atoms with E-state index >= 15 is 0 Å². The quantitative estimate of drug-likeness (QED) is 0.190. The van der Waals surface area contributed by atoms with E-state index in [1.165, 1.54) is 40.7 Å². The fourth-order valence-electron chi connectivity index (χ4n) is 5.63. The summed E-state index contributed by atoms with van der Waals surface area (Å²) in [7, 11) is -3.96. The molecule has 0 saturated heterocycles. The summed E-state index contributed by atoms with van der Waals surface area (Å²) < 4.78 is 109. The number of fused-ring (bicyclic) bond motifs is 3. The van der Waals surface area contributed by atoms with Gasteiger partial charge in [0.05, 0.1) is 16.0 Å². The summed E-state index contributed by atoms with van der Waals surface area (Å²) in [5.41, 5.74) is 2.27. The molecule has 0 fully saturated rings. The van der Waals surface area contributed by atoms with E-state index in [0.717, 1.165) is 29.8 Å². The molecule has 5 aromatic rings. The van der Waals surface area contributed by atoms with Crippen molar-refractivity contribution in [3.8, 4) is 22.3 Å². The summed E-state index contributed by atoms with van der Waals surface area (Å²) in [6.45, 7) is 1.79. The molecule has 0 aliphatic carbocycles. The molecule has 3 nitrogen and oxygen atoms in total. The maximum Gasteiger partial charge on any atom is 0.416 e. The molecule has 0 saturated carbocycles. The Morgan fingerprint density at radius 2 is 1.05 bits per heavy atom. The van der Waals surface area contributed by atoms with Crippen LogP contribution in [0.1, 0.15) is 27.8 Å². The van der Waals surface area contributed by atoms with E-state index in [1.807, 2.05) is 13.0 Å². The molecule has 0 N–H and O–H groups in total. The first-order valence-electron chi connectivity index (χ1n) is 13.2. The highest BCUT2D eigenvalue weighted by atomic mass is 32.2. The van der Waals surface area contributed by atoms with E-state index in [2.05, 4.69) is 0 Å². The van der Waals surface area contributed by atoms with E-state index in [0.29, 0.717) is 44.2 Å². The van der Waals surface area contributed by atoms with Gasteiger partial charge in [0, 0.05) is 13.1 Å². The Morgan fingerprint density at radius 1 is 0.581 bits per heavy atom. The number of sulfonamides is 1. The third-order valence-electron chi connectivity index (χ3n) is 7.77. The van der Waals surface area contributed by atoms with Crippen LogP contribution in [0, 0.1) is 6.92 Å². The highest BCUT2D eigenvalue weighted by Gasteiger charge is 2.36. The number of hydrogen-bond acceptors (Lipinski definition) is 2. The molecule has 5 aromatic carbocycles. The van der Waals surface area contributed by atoms with E-state index in [4.69, 9.17) is 0 Å². The molecule has 0 atom stereocenters. The van der Waals surface area contributed by atoms with Crippen molar-refractivity contribution in [2.75, 3.05) is 0 Å². The van der Waals surface area contributed by atoms with E-state index in [1.54, 1.807) is 30.3 Å². The van der Waals surface area contributed by atoms with Crippen molar-refractivity contribution >= 4 is 20.8 Å². The number of halogens is 6. The van der Waals surface area contributed by atoms with Crippen LogP contribution in [0.3, 0.4) is 0 Å². The van der Waals surface area contributed by atoms with Gasteiger partial charge in [-0.3, -0.25) is 0 Å². The standard InChI is InChI=1S/C33H23F6NO2S/c1-20-6-16-25(17-7-20)43(41,42)40-18-28-26-4-2-3-5-27(26)30(21-8-12-23(13-9-21)32(34,35)36)31(29(28)19-40)22-10-14-24(15-11-22)33(37,38)39/h2-17H,18-19H2,1H3. The van der Waals surface area contributed by atoms with Crippen molar-refractivity contribution < 1.29 is 34.8 Å². The van der Waals surface area contributed by atoms with Gasteiger partial charge in [-0.1, -0.05) is 66.2 Å². The third-order valence-corrected chi connectivity index (χ3v) is 9.57. The van der Waals surface area contributed by atoms with Crippen LogP contribution in [0.2, 0.25) is 0 Å². The molecular weight excluding hydrogens is 588 g/mol. The summed E-state index contributed by atoms with van der Waals surface area (Å²) in [6.07, 6.45) is -9.13. The van der Waals surface area contributed by atoms with E-state index < -0.39 is 33.5 Å². The smallest absolute Gasteiger partial charge is 0.207 e. The normalized spacial score (nSPS) is 14.3. The van der Waals surface area contributed by atoms with Crippen LogP contribution in [0.25, 0.3) is 33.0 Å². The third kappa shape index (κ3) is 5.19. The highest BCUT2D eigenvalue weighted by Crippen LogP contribution is 2.47. The van der Waals surface area contributed by atoms with Gasteiger partial charge in [-0.25, -0.2) is 8.42 Å². The second kappa shape index (κ2) is 10.2. The van der Waals surface area contributed by atoms with Gasteiger partial charge in [0.2, 0.25) is 10.0 Å². The molecule has 43 heavy (non-hydrogen) atoms. The predicted molar refractivity (Wildman–Crippen MR) is 152 cm³/mol. The minimum Gasteiger partial charge on any atom is -0.207 e. The molecule has 6 rings (SSSR count). The van der Waals surface area contributed by atoms with Gasteiger partial charge in [0.1, 0.15) is 0 Å². The Balaban J connectivity index is 1.61. The lowest BCUT2D eigenvalue weighted by Gasteiger charge is -2.20. The Morgan fingerprint density at radius 3 is 1.56 bits per heavy atom. The van der Waals surface area contributed by atoms with Gasteiger partial charge < -0.3 is 0 Å². The van der Waals surface area contributed by atoms with Gasteiger partial charge in [0.25, 0.3) is 0 Å². The number of nitrogens with zero attached hydrogens (tertiary/aromatic N) is 1. The molecule has 1 aliphatic heterocycles. The van der Waals surface area contributed by atoms with Crippen LogP contribution in [0.15, 0.2) is 102 Å². The summed E-state index contributed by atoms with van der Waals surface area (Å²) in [5.74, 6) is 0.